The van der Waals surface area contributed by atoms with Crippen molar-refractivity contribution < 1.29 is 0 Å². The fourth-order valence-electron chi connectivity index (χ4n) is 11.1. The van der Waals surface area contributed by atoms with Crippen molar-refractivity contribution in [3.05, 3.63) is 247 Å². The van der Waals surface area contributed by atoms with E-state index >= 15 is 0 Å². The first-order valence-electron chi connectivity index (χ1n) is 22.9. The second-order valence-electron chi connectivity index (χ2n) is 18.9. The Balaban J connectivity index is 1.07. The van der Waals surface area contributed by atoms with Crippen molar-refractivity contribution in [3.8, 4) is 66.8 Å². The fourth-order valence-corrected chi connectivity index (χ4v) is 11.1. The zero-order chi connectivity index (χ0) is 43.9. The summed E-state index contributed by atoms with van der Waals surface area (Å²) >= 11 is 0. The Kier molecular flexibility index (Phi) is 8.94. The molecule has 0 spiro atoms. The van der Waals surface area contributed by atoms with E-state index in [0.29, 0.717) is 0 Å². The summed E-state index contributed by atoms with van der Waals surface area (Å²) in [6.45, 7) is 9.46. The number of nitrogens with zero attached hydrogens (tertiary/aromatic N) is 1. The molecule has 0 fully saturated rings. The molecule has 2 aliphatic carbocycles. The average molecular weight is 832 g/mol. The summed E-state index contributed by atoms with van der Waals surface area (Å²) in [7, 11) is 0. The monoisotopic (exact) mass is 831 g/mol. The smallest absolute Gasteiger partial charge is 0.0546 e. The van der Waals surface area contributed by atoms with E-state index in [0.717, 1.165) is 17.1 Å². The molecule has 12 rings (SSSR count). The van der Waals surface area contributed by atoms with Gasteiger partial charge in [-0.3, -0.25) is 0 Å². The lowest BCUT2D eigenvalue weighted by Crippen LogP contribution is -2.17. The minimum absolute atomic E-state index is 0.0647. The Labute approximate surface area is 383 Å². The maximum atomic E-state index is 2.50. The van der Waals surface area contributed by atoms with Crippen LogP contribution in [0.5, 0.6) is 0 Å². The first-order valence-corrected chi connectivity index (χ1v) is 22.9. The van der Waals surface area contributed by atoms with Gasteiger partial charge in [0.05, 0.1) is 5.69 Å². The van der Waals surface area contributed by atoms with Crippen LogP contribution in [0.1, 0.15) is 49.9 Å². The molecule has 0 N–H and O–H groups in total. The lowest BCUT2D eigenvalue weighted by molar-refractivity contribution is 0.660. The van der Waals surface area contributed by atoms with Crippen LogP contribution < -0.4 is 4.90 Å². The van der Waals surface area contributed by atoms with E-state index in [2.05, 4.69) is 257 Å². The number of hydrogen-bond donors (Lipinski definition) is 0. The Bertz CT molecular complexity index is 3470. The van der Waals surface area contributed by atoms with E-state index in [-0.39, 0.29) is 10.8 Å². The van der Waals surface area contributed by atoms with Crippen molar-refractivity contribution in [2.45, 2.75) is 38.5 Å². The van der Waals surface area contributed by atoms with Crippen LogP contribution in [-0.4, -0.2) is 0 Å². The van der Waals surface area contributed by atoms with E-state index in [1.165, 1.54) is 99.8 Å². The second-order valence-corrected chi connectivity index (χ2v) is 18.9. The molecule has 0 aromatic heterocycles. The Hall–Kier alpha value is -7.74. The molecule has 0 heterocycles. The molecule has 10 aromatic rings. The van der Waals surface area contributed by atoms with Gasteiger partial charge >= 0.3 is 0 Å². The fraction of sp³-hybridized carbons (Fsp3) is 0.0938. The second kappa shape index (κ2) is 14.9. The molecule has 0 aliphatic heterocycles. The summed E-state index contributed by atoms with van der Waals surface area (Å²) in [5.74, 6) is 0. The van der Waals surface area contributed by atoms with Gasteiger partial charge in [-0.15, -0.1) is 0 Å². The quantitative estimate of drug-likeness (QED) is 0.155. The number of rotatable bonds is 7. The number of anilines is 3. The zero-order valence-corrected chi connectivity index (χ0v) is 37.3. The molecule has 0 saturated carbocycles. The summed E-state index contributed by atoms with van der Waals surface area (Å²) in [6.07, 6.45) is 0. The standard InChI is InChI=1S/C64H49N/c1-63(2)58-29-13-11-25-56(58)62-53(27-16-30-59(62)63)44-31-34-48(35-32-44)65(49-36-38-55-54-24-10-12-28-57(54)64(3,4)60(55)41-49)61-40-45(42-17-6-5-7-18-42)33-37-52(61)47-22-14-21-46(39-47)51-26-15-20-43-19-8-9-23-50(43)51/h5-41H,1-4H3. The highest BCUT2D eigenvalue weighted by molar-refractivity contribution is 5.99. The van der Waals surface area contributed by atoms with E-state index in [1.807, 2.05) is 0 Å². The van der Waals surface area contributed by atoms with E-state index < -0.39 is 0 Å². The number of hydrogen-bond acceptors (Lipinski definition) is 1. The molecule has 0 amide bonds. The minimum atomic E-state index is -0.156. The third-order valence-electron chi connectivity index (χ3n) is 14.5. The highest BCUT2D eigenvalue weighted by Crippen LogP contribution is 2.54. The zero-order valence-electron chi connectivity index (χ0n) is 37.3. The Morgan fingerprint density at radius 3 is 1.63 bits per heavy atom. The van der Waals surface area contributed by atoms with Crippen LogP contribution >= 0.6 is 0 Å². The molecule has 0 radical (unpaired) electrons. The van der Waals surface area contributed by atoms with Crippen molar-refractivity contribution in [2.24, 2.45) is 0 Å². The largest absolute Gasteiger partial charge is 0.310 e. The Morgan fingerprint density at radius 2 is 0.815 bits per heavy atom. The van der Waals surface area contributed by atoms with Crippen LogP contribution in [0.15, 0.2) is 224 Å². The lowest BCUT2D eigenvalue weighted by atomic mass is 9.82. The number of fused-ring (bicyclic) bond motifs is 7. The van der Waals surface area contributed by atoms with Crippen LogP contribution in [0, 0.1) is 0 Å². The maximum Gasteiger partial charge on any atom is 0.0546 e. The highest BCUT2D eigenvalue weighted by atomic mass is 15.1. The molecule has 1 heteroatoms. The molecule has 0 saturated heterocycles. The molecular weight excluding hydrogens is 783 g/mol. The summed E-state index contributed by atoms with van der Waals surface area (Å²) in [5, 5.41) is 2.50. The van der Waals surface area contributed by atoms with Gasteiger partial charge in [-0.25, -0.2) is 0 Å². The molecule has 1 nitrogen and oxygen atoms in total. The van der Waals surface area contributed by atoms with Gasteiger partial charge in [-0.05, 0) is 131 Å². The first kappa shape index (κ1) is 38.9. The van der Waals surface area contributed by atoms with Crippen LogP contribution in [0.3, 0.4) is 0 Å². The summed E-state index contributed by atoms with van der Waals surface area (Å²) < 4.78 is 0. The van der Waals surface area contributed by atoms with Gasteiger partial charge in [-0.1, -0.05) is 216 Å². The molecule has 310 valence electrons. The molecule has 2 aliphatic rings. The van der Waals surface area contributed by atoms with Gasteiger partial charge in [-0.2, -0.15) is 0 Å². The molecule has 0 unspecified atom stereocenters. The predicted octanol–water partition coefficient (Wildman–Crippen LogP) is 17.6. The number of benzene rings is 10. The highest BCUT2D eigenvalue weighted by Gasteiger charge is 2.37. The van der Waals surface area contributed by atoms with Crippen molar-refractivity contribution in [2.75, 3.05) is 4.90 Å². The van der Waals surface area contributed by atoms with Crippen molar-refractivity contribution in [3.63, 3.8) is 0 Å². The lowest BCUT2D eigenvalue weighted by Gasteiger charge is -2.30. The van der Waals surface area contributed by atoms with Gasteiger partial charge < -0.3 is 4.90 Å². The van der Waals surface area contributed by atoms with Crippen LogP contribution in [-0.2, 0) is 10.8 Å². The van der Waals surface area contributed by atoms with Crippen molar-refractivity contribution >= 4 is 27.8 Å². The van der Waals surface area contributed by atoms with Crippen molar-refractivity contribution in [1.29, 1.82) is 0 Å². The predicted molar refractivity (Wildman–Crippen MR) is 276 cm³/mol. The van der Waals surface area contributed by atoms with E-state index in [4.69, 9.17) is 0 Å². The minimum Gasteiger partial charge on any atom is -0.310 e. The van der Waals surface area contributed by atoms with E-state index in [9.17, 15) is 0 Å². The normalized spacial score (nSPS) is 13.8. The van der Waals surface area contributed by atoms with Crippen LogP contribution in [0.4, 0.5) is 17.1 Å². The summed E-state index contributed by atoms with van der Waals surface area (Å²) in [6, 6.07) is 83.5. The third-order valence-corrected chi connectivity index (χ3v) is 14.5. The molecule has 10 aromatic carbocycles. The van der Waals surface area contributed by atoms with Crippen LogP contribution in [0.2, 0.25) is 0 Å². The summed E-state index contributed by atoms with van der Waals surface area (Å²) in [4.78, 5) is 2.50. The van der Waals surface area contributed by atoms with Gasteiger partial charge in [0, 0.05) is 27.8 Å². The molecular formula is C64H49N. The summed E-state index contributed by atoms with van der Waals surface area (Å²) in [5.41, 5.74) is 23.6. The molecule has 65 heavy (non-hydrogen) atoms. The molecule has 0 atom stereocenters. The van der Waals surface area contributed by atoms with Crippen LogP contribution in [0.25, 0.3) is 77.5 Å². The average Bonchev–Trinajstić information content (AvgIpc) is 3.73. The van der Waals surface area contributed by atoms with Gasteiger partial charge in [0.25, 0.3) is 0 Å². The van der Waals surface area contributed by atoms with Gasteiger partial charge in [0.15, 0.2) is 0 Å². The van der Waals surface area contributed by atoms with E-state index in [1.54, 1.807) is 0 Å². The third kappa shape index (κ3) is 6.21. The van der Waals surface area contributed by atoms with Crippen molar-refractivity contribution in [1.82, 2.24) is 0 Å². The van der Waals surface area contributed by atoms with Gasteiger partial charge in [0.1, 0.15) is 0 Å². The SMILES string of the molecule is CC1(C)c2ccccc2-c2ccc(N(c3ccc(-c4cccc5c4-c4ccccc4C5(C)C)cc3)c3cc(-c4ccccc4)ccc3-c3cccc(-c4cccc5ccccc45)c3)cc21. The Morgan fingerprint density at radius 1 is 0.292 bits per heavy atom. The maximum absolute atomic E-state index is 2.50. The topological polar surface area (TPSA) is 3.24 Å². The van der Waals surface area contributed by atoms with Gasteiger partial charge in [0.2, 0.25) is 0 Å². The first-order chi connectivity index (χ1) is 31.8. The molecule has 0 bridgehead atoms.